The number of para-hydroxylation sites is 1. The molecule has 2 unspecified atom stereocenters. The average molecular weight is 732 g/mol. The summed E-state index contributed by atoms with van der Waals surface area (Å²) in [4.78, 5) is 47.3. The Balaban J connectivity index is 1.29. The summed E-state index contributed by atoms with van der Waals surface area (Å²) in [5.74, 6) is -0.530. The number of carbonyl (C=O) groups excluding carboxylic acids is 3. The fourth-order valence-electron chi connectivity index (χ4n) is 8.55. The van der Waals surface area contributed by atoms with E-state index in [-0.39, 0.29) is 29.2 Å². The smallest absolute Gasteiger partial charge is 0.482 e. The second kappa shape index (κ2) is 14.0. The Kier molecular flexibility index (Phi) is 10.2. The molecule has 53 heavy (non-hydrogen) atoms. The van der Waals surface area contributed by atoms with Crippen molar-refractivity contribution < 1.29 is 42.7 Å². The van der Waals surface area contributed by atoms with E-state index in [1.54, 1.807) is 23.1 Å². The van der Waals surface area contributed by atoms with Crippen molar-refractivity contribution in [1.29, 1.82) is 0 Å². The summed E-state index contributed by atoms with van der Waals surface area (Å²) in [5, 5.41) is 7.34. The molecule has 1 saturated heterocycles. The van der Waals surface area contributed by atoms with Crippen LogP contribution in [0.3, 0.4) is 0 Å². The van der Waals surface area contributed by atoms with Crippen molar-refractivity contribution in [2.24, 2.45) is 22.4 Å². The molecule has 3 aliphatic carbocycles. The van der Waals surface area contributed by atoms with Gasteiger partial charge in [-0.1, -0.05) is 43.3 Å². The van der Waals surface area contributed by atoms with E-state index in [1.165, 1.54) is 14.2 Å². The minimum absolute atomic E-state index is 0.0514. The number of nitrogens with zero attached hydrogens (tertiary/aromatic N) is 2. The highest BCUT2D eigenvalue weighted by Gasteiger charge is 2.68. The van der Waals surface area contributed by atoms with Crippen molar-refractivity contribution >= 4 is 30.8 Å². The molecule has 0 spiro atoms. The predicted molar refractivity (Wildman–Crippen MR) is 199 cm³/mol. The average Bonchev–Trinajstić information content (AvgIpc) is 3.65. The molecule has 2 heterocycles. The van der Waals surface area contributed by atoms with Crippen molar-refractivity contribution in [3.8, 4) is 5.75 Å². The Hall–Kier alpha value is -4.10. The summed E-state index contributed by atoms with van der Waals surface area (Å²) in [6.45, 7) is 18.4. The van der Waals surface area contributed by atoms with E-state index in [2.05, 4.69) is 31.2 Å². The van der Waals surface area contributed by atoms with E-state index in [9.17, 15) is 14.4 Å². The van der Waals surface area contributed by atoms with Crippen molar-refractivity contribution in [1.82, 2.24) is 10.2 Å². The molecule has 2 amide bonds. The molecule has 5 aliphatic rings. The maximum atomic E-state index is 14.4. The molecule has 1 N–H and O–H groups in total. The Morgan fingerprint density at radius 2 is 1.68 bits per heavy atom. The third-order valence-electron chi connectivity index (χ3n) is 11.2. The Morgan fingerprint density at radius 1 is 0.981 bits per heavy atom. The van der Waals surface area contributed by atoms with Crippen molar-refractivity contribution in [2.75, 3.05) is 14.2 Å². The second-order valence-corrected chi connectivity index (χ2v) is 17.6. The van der Waals surface area contributed by atoms with Gasteiger partial charge in [0.2, 0.25) is 0 Å². The molecule has 0 radical (unpaired) electrons. The van der Waals surface area contributed by atoms with Crippen LogP contribution in [0.1, 0.15) is 108 Å². The van der Waals surface area contributed by atoms with Crippen LogP contribution < -0.4 is 10.1 Å². The van der Waals surface area contributed by atoms with Crippen LogP contribution in [0.4, 0.5) is 4.79 Å². The molecule has 0 aromatic heterocycles. The molecular weight excluding hydrogens is 677 g/mol. The van der Waals surface area contributed by atoms with Crippen molar-refractivity contribution in [2.45, 2.75) is 124 Å². The summed E-state index contributed by atoms with van der Waals surface area (Å²) in [5.41, 5.74) is 1.62. The molecule has 2 aromatic rings. The van der Waals surface area contributed by atoms with Gasteiger partial charge in [0.1, 0.15) is 29.6 Å². The maximum Gasteiger partial charge on any atom is 0.482 e. The van der Waals surface area contributed by atoms with Gasteiger partial charge in [-0.15, -0.1) is 0 Å². The van der Waals surface area contributed by atoms with Crippen molar-refractivity contribution in [3.05, 3.63) is 64.2 Å². The van der Waals surface area contributed by atoms with Gasteiger partial charge in [-0.25, -0.2) is 9.59 Å². The summed E-state index contributed by atoms with van der Waals surface area (Å²) in [6.07, 6.45) is 1.63. The Morgan fingerprint density at radius 3 is 2.32 bits per heavy atom. The van der Waals surface area contributed by atoms with Gasteiger partial charge in [-0.3, -0.25) is 9.69 Å². The third-order valence-corrected chi connectivity index (χ3v) is 11.2. The number of rotatable bonds is 9. The molecule has 5 atom stereocenters. The molecule has 4 fully saturated rings. The van der Waals surface area contributed by atoms with Crippen molar-refractivity contribution in [3.63, 3.8) is 0 Å². The monoisotopic (exact) mass is 731 g/mol. The van der Waals surface area contributed by atoms with E-state index >= 15 is 0 Å². The largest absolute Gasteiger partial charge is 0.496 e. The highest BCUT2D eigenvalue weighted by molar-refractivity contribution is 6.51. The number of nitrogens with one attached hydrogen (secondary N) is 1. The first kappa shape index (κ1) is 38.6. The first-order valence-electron chi connectivity index (χ1n) is 18.5. The number of hydrogen-bond donors (Lipinski definition) is 1. The number of amides is 2. The van der Waals surface area contributed by atoms with Crippen LogP contribution >= 0.6 is 0 Å². The molecule has 3 saturated carbocycles. The van der Waals surface area contributed by atoms with E-state index < -0.39 is 47.8 Å². The van der Waals surface area contributed by atoms with E-state index in [4.69, 9.17) is 28.4 Å². The first-order chi connectivity index (χ1) is 24.7. The van der Waals surface area contributed by atoms with Crippen LogP contribution in [-0.2, 0) is 47.9 Å². The summed E-state index contributed by atoms with van der Waals surface area (Å²) in [7, 11) is 2.09. The minimum atomic E-state index is -0.801. The summed E-state index contributed by atoms with van der Waals surface area (Å²) in [6, 6.07) is 10.8. The number of hydrogen-bond acceptors (Lipinski definition) is 10. The molecule has 2 bridgehead atoms. The zero-order valence-corrected chi connectivity index (χ0v) is 33.0. The number of carbonyl (C=O) groups is 3. The van der Waals surface area contributed by atoms with E-state index in [1.807, 2.05) is 59.7 Å². The normalized spacial score (nSPS) is 25.1. The highest BCUT2D eigenvalue weighted by Crippen LogP contribution is 2.65. The molecule has 13 heteroatoms. The first-order valence-corrected chi connectivity index (χ1v) is 18.5. The van der Waals surface area contributed by atoms with Gasteiger partial charge in [-0.2, -0.15) is 0 Å². The quantitative estimate of drug-likeness (QED) is 0.138. The van der Waals surface area contributed by atoms with Crippen LogP contribution in [0.5, 0.6) is 5.75 Å². The van der Waals surface area contributed by atoms with Gasteiger partial charge >= 0.3 is 19.2 Å². The van der Waals surface area contributed by atoms with E-state index in [0.717, 1.165) is 24.0 Å². The third kappa shape index (κ3) is 7.65. The minimum Gasteiger partial charge on any atom is -0.496 e. The number of fused-ring (bicyclic) bond motifs is 1. The second-order valence-electron chi connectivity index (χ2n) is 17.6. The number of ether oxygens (including phenoxy) is 3. The van der Waals surface area contributed by atoms with Gasteiger partial charge in [0.25, 0.3) is 5.91 Å². The molecule has 12 nitrogen and oxygen atoms in total. The number of methoxy groups -OCH3 is 1. The zero-order chi connectivity index (χ0) is 38.7. The lowest BCUT2D eigenvalue weighted by atomic mass is 9.43. The molecule has 2 aromatic carbocycles. The lowest BCUT2D eigenvalue weighted by Gasteiger charge is -2.64. The molecule has 2 aliphatic heterocycles. The molecular formula is C40H54BN3O9. The molecule has 286 valence electrons. The van der Waals surface area contributed by atoms with Gasteiger partial charge < -0.3 is 33.7 Å². The zero-order valence-electron chi connectivity index (χ0n) is 33.0. The predicted octanol–water partition coefficient (Wildman–Crippen LogP) is 6.25. The van der Waals surface area contributed by atoms with Crippen LogP contribution in [0, 0.1) is 17.3 Å². The Bertz CT molecular complexity index is 1800. The number of benzene rings is 2. The highest BCUT2D eigenvalue weighted by atomic mass is 16.7. The van der Waals surface area contributed by atoms with Crippen LogP contribution in [0.2, 0.25) is 0 Å². The lowest BCUT2D eigenvalue weighted by molar-refractivity contribution is -0.199. The van der Waals surface area contributed by atoms with Gasteiger partial charge in [-0.05, 0) is 114 Å². The van der Waals surface area contributed by atoms with Crippen LogP contribution in [-0.4, -0.2) is 78.8 Å². The Labute approximate surface area is 313 Å². The fraction of sp³-hybridized carbons (Fsp3) is 0.600. The van der Waals surface area contributed by atoms with Crippen LogP contribution in [0.25, 0.3) is 0 Å². The molecule has 7 rings (SSSR count). The van der Waals surface area contributed by atoms with Gasteiger partial charge in [0.05, 0.1) is 24.8 Å². The van der Waals surface area contributed by atoms with E-state index in [0.29, 0.717) is 41.8 Å². The SMILES string of the molecule is CO/N=C(\C(=O)NC(Cc1cccc(C(=O)OC(C)(C)C)c1OC)B1OC2C[C@H]3C[C@@H](C3(C)C)[C@]2(C)O1)c1ccc2c(c1)CN(C(=O)OC(C)(C)C)C2. The van der Waals surface area contributed by atoms with Gasteiger partial charge in [0.15, 0.2) is 5.71 Å². The van der Waals surface area contributed by atoms with Crippen LogP contribution in [0.15, 0.2) is 41.6 Å². The topological polar surface area (TPSA) is 134 Å². The fourth-order valence-corrected chi connectivity index (χ4v) is 8.55. The number of esters is 1. The van der Waals surface area contributed by atoms with Gasteiger partial charge in [0, 0.05) is 18.7 Å². The number of oxime groups is 1. The summed E-state index contributed by atoms with van der Waals surface area (Å²) < 4.78 is 30.7. The summed E-state index contributed by atoms with van der Waals surface area (Å²) >= 11 is 0. The lowest BCUT2D eigenvalue weighted by Crippen LogP contribution is -2.65. The maximum absolute atomic E-state index is 14.4. The standard InChI is InChI=1S/C40H54BN3O9/c1-37(2,3)50-35(46)28-14-12-13-24(33(28)48-10)18-31(41-52-30-20-27-19-29(39(27,7)8)40(30,9)53-41)42-34(45)32(43-49-11)23-15-16-25-21-44(22-26(25)17-23)36(47)51-38(4,5)6/h12-17,27,29-31H,18-22H2,1-11H3,(H,42,45)/b43-32-/t27-,29+,30?,31?,40+/m1/s1.